The van der Waals surface area contributed by atoms with E-state index in [1.807, 2.05) is 0 Å². The molecule has 0 aromatic carbocycles. The Labute approximate surface area is 94.2 Å². The van der Waals surface area contributed by atoms with Gasteiger partial charge in [-0.25, -0.2) is 0 Å². The number of nitrogens with zero attached hydrogens (tertiary/aromatic N) is 1. The number of methoxy groups -OCH3 is 1. The maximum absolute atomic E-state index is 11.6. The minimum Gasteiger partial charge on any atom is -0.481 e. The summed E-state index contributed by atoms with van der Waals surface area (Å²) in [4.78, 5) is 34.2. The molecule has 0 rings (SSSR count). The lowest BCUT2D eigenvalue weighted by Gasteiger charge is -2.25. The third-order valence-electron chi connectivity index (χ3n) is 2.02. The van der Waals surface area contributed by atoms with Crippen molar-refractivity contribution in [2.24, 2.45) is 0 Å². The number of hydrogen-bond acceptors (Lipinski definition) is 4. The van der Waals surface area contributed by atoms with E-state index in [0.29, 0.717) is 0 Å². The zero-order valence-electron chi connectivity index (χ0n) is 9.73. The number of amides is 1. The van der Waals surface area contributed by atoms with Crippen LogP contribution in [0.3, 0.4) is 0 Å². The monoisotopic (exact) mass is 231 g/mol. The van der Waals surface area contributed by atoms with E-state index in [4.69, 9.17) is 5.11 Å². The van der Waals surface area contributed by atoms with E-state index in [1.54, 1.807) is 13.8 Å². The molecule has 0 saturated heterocycles. The zero-order valence-corrected chi connectivity index (χ0v) is 9.73. The first-order valence-corrected chi connectivity index (χ1v) is 4.96. The summed E-state index contributed by atoms with van der Waals surface area (Å²) in [6, 6.07) is -0.166. The number of rotatable bonds is 6. The van der Waals surface area contributed by atoms with Crippen LogP contribution in [0.2, 0.25) is 0 Å². The normalized spacial score (nSPS) is 10.0. The largest absolute Gasteiger partial charge is 0.481 e. The highest BCUT2D eigenvalue weighted by atomic mass is 16.5. The van der Waals surface area contributed by atoms with Crippen LogP contribution in [0.15, 0.2) is 0 Å². The van der Waals surface area contributed by atoms with Gasteiger partial charge in [0.2, 0.25) is 5.91 Å². The van der Waals surface area contributed by atoms with Crippen molar-refractivity contribution < 1.29 is 24.2 Å². The maximum atomic E-state index is 11.6. The number of aliphatic carboxylic acids is 1. The molecule has 0 aromatic rings. The molecule has 0 spiro atoms. The van der Waals surface area contributed by atoms with Crippen LogP contribution >= 0.6 is 0 Å². The van der Waals surface area contributed by atoms with Gasteiger partial charge in [0.25, 0.3) is 0 Å². The van der Waals surface area contributed by atoms with Gasteiger partial charge in [-0.3, -0.25) is 14.4 Å². The van der Waals surface area contributed by atoms with E-state index in [9.17, 15) is 14.4 Å². The van der Waals surface area contributed by atoms with E-state index < -0.39 is 11.9 Å². The molecule has 0 saturated carbocycles. The molecule has 0 aliphatic heterocycles. The molecule has 0 unspecified atom stereocenters. The SMILES string of the molecule is COC(=O)CN(C(=O)CCC(=O)O)C(C)C. The second kappa shape index (κ2) is 6.81. The summed E-state index contributed by atoms with van der Waals surface area (Å²) in [5.41, 5.74) is 0. The minimum atomic E-state index is -1.03. The van der Waals surface area contributed by atoms with Gasteiger partial charge >= 0.3 is 11.9 Å². The van der Waals surface area contributed by atoms with Crippen molar-refractivity contribution in [1.82, 2.24) is 4.90 Å². The Bertz CT molecular complexity index is 274. The van der Waals surface area contributed by atoms with Crippen molar-refractivity contribution in [2.45, 2.75) is 32.7 Å². The predicted molar refractivity (Wildman–Crippen MR) is 55.7 cm³/mol. The molecule has 0 aromatic heterocycles. The third-order valence-corrected chi connectivity index (χ3v) is 2.02. The van der Waals surface area contributed by atoms with Crippen molar-refractivity contribution in [1.29, 1.82) is 0 Å². The lowest BCUT2D eigenvalue weighted by Crippen LogP contribution is -2.41. The molecule has 1 amide bonds. The number of esters is 1. The summed E-state index contributed by atoms with van der Waals surface area (Å²) in [5, 5.41) is 8.45. The van der Waals surface area contributed by atoms with Crippen LogP contribution in [0.4, 0.5) is 0 Å². The fourth-order valence-corrected chi connectivity index (χ4v) is 1.12. The molecule has 0 heterocycles. The average Bonchev–Trinajstić information content (AvgIpc) is 2.21. The van der Waals surface area contributed by atoms with Crippen molar-refractivity contribution in [3.63, 3.8) is 0 Å². The highest BCUT2D eigenvalue weighted by molar-refractivity contribution is 5.84. The highest BCUT2D eigenvalue weighted by Crippen LogP contribution is 2.04. The first-order valence-electron chi connectivity index (χ1n) is 4.96. The molecule has 0 atom stereocenters. The molecule has 0 aliphatic rings. The van der Waals surface area contributed by atoms with Gasteiger partial charge in [0, 0.05) is 12.5 Å². The van der Waals surface area contributed by atoms with Crippen LogP contribution in [-0.4, -0.2) is 47.5 Å². The summed E-state index contributed by atoms with van der Waals surface area (Å²) in [6.45, 7) is 3.36. The number of carboxylic acids is 1. The molecule has 1 N–H and O–H groups in total. The number of carbonyl (C=O) groups excluding carboxylic acids is 2. The summed E-state index contributed by atoms with van der Waals surface area (Å²) < 4.78 is 4.46. The lowest BCUT2D eigenvalue weighted by atomic mass is 10.2. The molecular weight excluding hydrogens is 214 g/mol. The molecule has 6 nitrogen and oxygen atoms in total. The van der Waals surface area contributed by atoms with Crippen molar-refractivity contribution in [3.8, 4) is 0 Å². The summed E-state index contributed by atoms with van der Waals surface area (Å²) in [7, 11) is 1.24. The van der Waals surface area contributed by atoms with E-state index >= 15 is 0 Å². The van der Waals surface area contributed by atoms with Crippen LogP contribution in [-0.2, 0) is 19.1 Å². The molecule has 92 valence electrons. The van der Waals surface area contributed by atoms with Crippen LogP contribution in [0, 0.1) is 0 Å². The minimum absolute atomic E-state index is 0.107. The van der Waals surface area contributed by atoms with Crippen molar-refractivity contribution in [3.05, 3.63) is 0 Å². The zero-order chi connectivity index (χ0) is 12.7. The molecule has 0 bridgehead atoms. The van der Waals surface area contributed by atoms with Gasteiger partial charge in [0.15, 0.2) is 0 Å². The second-order valence-electron chi connectivity index (χ2n) is 3.59. The Morgan fingerprint density at radius 3 is 2.19 bits per heavy atom. The van der Waals surface area contributed by atoms with Crippen molar-refractivity contribution >= 4 is 17.8 Å². The lowest BCUT2D eigenvalue weighted by molar-refractivity contribution is -0.149. The van der Waals surface area contributed by atoms with Crippen molar-refractivity contribution in [2.75, 3.05) is 13.7 Å². The second-order valence-corrected chi connectivity index (χ2v) is 3.59. The topological polar surface area (TPSA) is 83.9 Å². The van der Waals surface area contributed by atoms with Gasteiger partial charge in [0.1, 0.15) is 6.54 Å². The third kappa shape index (κ3) is 5.33. The van der Waals surface area contributed by atoms with Gasteiger partial charge in [-0.1, -0.05) is 0 Å². The van der Waals surface area contributed by atoms with E-state index in [2.05, 4.69) is 4.74 Å². The fourth-order valence-electron chi connectivity index (χ4n) is 1.12. The van der Waals surface area contributed by atoms with Crippen LogP contribution in [0.5, 0.6) is 0 Å². The highest BCUT2D eigenvalue weighted by Gasteiger charge is 2.20. The van der Waals surface area contributed by atoms with Gasteiger partial charge in [-0.15, -0.1) is 0 Å². The molecular formula is C10H17NO5. The Kier molecular flexibility index (Phi) is 6.14. The predicted octanol–water partition coefficient (Wildman–Crippen LogP) is 0.261. The van der Waals surface area contributed by atoms with Crippen LogP contribution in [0.25, 0.3) is 0 Å². The first-order chi connectivity index (χ1) is 7.38. The number of carbonyl (C=O) groups is 3. The van der Waals surface area contributed by atoms with Gasteiger partial charge in [0.05, 0.1) is 13.5 Å². The van der Waals surface area contributed by atoms with Gasteiger partial charge < -0.3 is 14.7 Å². The van der Waals surface area contributed by atoms with Crippen LogP contribution < -0.4 is 0 Å². The molecule has 0 aliphatic carbocycles. The number of carboxylic acid groups (broad SMARTS) is 1. The van der Waals surface area contributed by atoms with Gasteiger partial charge in [-0.2, -0.15) is 0 Å². The average molecular weight is 231 g/mol. The van der Waals surface area contributed by atoms with Crippen LogP contribution in [0.1, 0.15) is 26.7 Å². The maximum Gasteiger partial charge on any atom is 0.325 e. The smallest absolute Gasteiger partial charge is 0.325 e. The number of hydrogen-bond donors (Lipinski definition) is 1. The summed E-state index contributed by atoms with van der Waals surface area (Å²) in [5.74, 6) is -1.91. The molecule has 0 fully saturated rings. The number of ether oxygens (including phenoxy) is 1. The molecule has 16 heavy (non-hydrogen) atoms. The Hall–Kier alpha value is -1.59. The standard InChI is InChI=1S/C10H17NO5/c1-7(2)11(6-10(15)16-3)8(12)4-5-9(13)14/h7H,4-6H2,1-3H3,(H,13,14). The van der Waals surface area contributed by atoms with E-state index in [-0.39, 0.29) is 31.3 Å². The summed E-state index contributed by atoms with van der Waals surface area (Å²) in [6.07, 6.45) is -0.340. The summed E-state index contributed by atoms with van der Waals surface area (Å²) >= 11 is 0. The van der Waals surface area contributed by atoms with E-state index in [1.165, 1.54) is 12.0 Å². The van der Waals surface area contributed by atoms with E-state index in [0.717, 1.165) is 0 Å². The Morgan fingerprint density at radius 1 is 1.25 bits per heavy atom. The Morgan fingerprint density at radius 2 is 1.81 bits per heavy atom. The quantitative estimate of drug-likeness (QED) is 0.663. The van der Waals surface area contributed by atoms with Gasteiger partial charge in [-0.05, 0) is 13.8 Å². The first kappa shape index (κ1) is 14.4. The fraction of sp³-hybridized carbons (Fsp3) is 0.700. The Balaban J connectivity index is 4.35. The molecule has 0 radical (unpaired) electrons. The molecule has 6 heteroatoms.